The number of benzene rings is 1. The molecule has 0 radical (unpaired) electrons. The van der Waals surface area contributed by atoms with E-state index in [0.717, 1.165) is 27.1 Å². The first kappa shape index (κ1) is 14.8. The van der Waals surface area contributed by atoms with Gasteiger partial charge in [0.1, 0.15) is 12.1 Å². The normalized spacial score (nSPS) is 11.1. The number of anilines is 1. The molecule has 0 aliphatic heterocycles. The second-order valence-corrected chi connectivity index (χ2v) is 6.78. The standard InChI is InChI=1S/C19H16N4S/c1-11-3-5-13(6-4-11)14-8-15-18(20)21-10-22-19(15)23-17(14)16-7-12(2)9-24-16/h3-10H,1-2H3,(H2,20,21,22,23). The summed E-state index contributed by atoms with van der Waals surface area (Å²) in [5.41, 5.74) is 12.2. The molecule has 24 heavy (non-hydrogen) atoms. The summed E-state index contributed by atoms with van der Waals surface area (Å²) in [5.74, 6) is 0.453. The van der Waals surface area contributed by atoms with E-state index in [9.17, 15) is 0 Å². The number of aryl methyl sites for hydroxylation is 2. The quantitative estimate of drug-likeness (QED) is 0.582. The van der Waals surface area contributed by atoms with Crippen LogP contribution in [0, 0.1) is 13.8 Å². The molecule has 3 heterocycles. The van der Waals surface area contributed by atoms with Crippen LogP contribution >= 0.6 is 11.3 Å². The zero-order chi connectivity index (χ0) is 16.7. The molecule has 0 fully saturated rings. The lowest BCUT2D eigenvalue weighted by atomic mass is 10.0. The maximum absolute atomic E-state index is 6.03. The monoisotopic (exact) mass is 332 g/mol. The summed E-state index contributed by atoms with van der Waals surface area (Å²) < 4.78 is 0. The highest BCUT2D eigenvalue weighted by Gasteiger charge is 2.15. The van der Waals surface area contributed by atoms with E-state index in [4.69, 9.17) is 10.7 Å². The van der Waals surface area contributed by atoms with Gasteiger partial charge in [-0.05, 0) is 42.5 Å². The molecular formula is C19H16N4S. The number of hydrogen-bond donors (Lipinski definition) is 1. The number of fused-ring (bicyclic) bond motifs is 1. The van der Waals surface area contributed by atoms with Gasteiger partial charge in [0.15, 0.2) is 5.65 Å². The molecule has 4 rings (SSSR count). The lowest BCUT2D eigenvalue weighted by Crippen LogP contribution is -1.97. The average molecular weight is 332 g/mol. The summed E-state index contributed by atoms with van der Waals surface area (Å²) in [6.07, 6.45) is 1.46. The molecule has 0 aliphatic rings. The van der Waals surface area contributed by atoms with Gasteiger partial charge in [-0.25, -0.2) is 15.0 Å². The van der Waals surface area contributed by atoms with Crippen LogP contribution < -0.4 is 5.73 Å². The Morgan fingerprint density at radius 2 is 1.75 bits per heavy atom. The van der Waals surface area contributed by atoms with E-state index in [1.54, 1.807) is 11.3 Å². The zero-order valence-electron chi connectivity index (χ0n) is 13.4. The van der Waals surface area contributed by atoms with Crippen LogP contribution in [0.5, 0.6) is 0 Å². The SMILES string of the molecule is Cc1ccc(-c2cc3c(N)ncnc3nc2-c2cc(C)cs2)cc1. The van der Waals surface area contributed by atoms with Crippen molar-refractivity contribution in [2.75, 3.05) is 5.73 Å². The maximum Gasteiger partial charge on any atom is 0.165 e. The topological polar surface area (TPSA) is 64.7 Å². The fourth-order valence-electron chi connectivity index (χ4n) is 2.70. The maximum atomic E-state index is 6.03. The van der Waals surface area contributed by atoms with Crippen LogP contribution in [0.1, 0.15) is 11.1 Å². The Morgan fingerprint density at radius 3 is 2.46 bits per heavy atom. The summed E-state index contributed by atoms with van der Waals surface area (Å²) in [7, 11) is 0. The Labute approximate surface area is 144 Å². The summed E-state index contributed by atoms with van der Waals surface area (Å²) in [4.78, 5) is 14.3. The van der Waals surface area contributed by atoms with Crippen molar-refractivity contribution in [2.24, 2.45) is 0 Å². The van der Waals surface area contributed by atoms with Gasteiger partial charge in [0, 0.05) is 5.56 Å². The Bertz CT molecular complexity index is 1040. The molecule has 3 aromatic heterocycles. The first-order valence-corrected chi connectivity index (χ1v) is 8.53. The van der Waals surface area contributed by atoms with Crippen LogP contribution in [-0.4, -0.2) is 15.0 Å². The molecule has 0 saturated heterocycles. The van der Waals surface area contributed by atoms with Gasteiger partial charge in [-0.3, -0.25) is 0 Å². The second-order valence-electron chi connectivity index (χ2n) is 5.87. The highest BCUT2D eigenvalue weighted by molar-refractivity contribution is 7.13. The van der Waals surface area contributed by atoms with Crippen LogP contribution in [0.4, 0.5) is 5.82 Å². The van der Waals surface area contributed by atoms with Gasteiger partial charge in [0.2, 0.25) is 0 Å². The van der Waals surface area contributed by atoms with Crippen molar-refractivity contribution < 1.29 is 0 Å². The van der Waals surface area contributed by atoms with Crippen molar-refractivity contribution >= 4 is 28.2 Å². The van der Waals surface area contributed by atoms with Crippen molar-refractivity contribution in [3.05, 3.63) is 59.2 Å². The number of thiophene rings is 1. The Morgan fingerprint density at radius 1 is 0.958 bits per heavy atom. The number of hydrogen-bond acceptors (Lipinski definition) is 5. The van der Waals surface area contributed by atoms with Gasteiger partial charge in [-0.1, -0.05) is 29.8 Å². The van der Waals surface area contributed by atoms with E-state index in [0.29, 0.717) is 11.5 Å². The molecule has 0 spiro atoms. The van der Waals surface area contributed by atoms with Gasteiger partial charge in [-0.2, -0.15) is 0 Å². The van der Waals surface area contributed by atoms with Gasteiger partial charge in [-0.15, -0.1) is 11.3 Å². The number of rotatable bonds is 2. The lowest BCUT2D eigenvalue weighted by Gasteiger charge is -2.10. The summed E-state index contributed by atoms with van der Waals surface area (Å²) in [6, 6.07) is 12.6. The van der Waals surface area contributed by atoms with E-state index in [1.165, 1.54) is 17.5 Å². The van der Waals surface area contributed by atoms with Gasteiger partial charge < -0.3 is 5.73 Å². The molecule has 0 saturated carbocycles. The van der Waals surface area contributed by atoms with E-state index in [-0.39, 0.29) is 0 Å². The number of nitrogens with zero attached hydrogens (tertiary/aromatic N) is 3. The van der Waals surface area contributed by atoms with Gasteiger partial charge in [0.25, 0.3) is 0 Å². The van der Waals surface area contributed by atoms with E-state index in [1.807, 2.05) is 6.07 Å². The summed E-state index contributed by atoms with van der Waals surface area (Å²) in [6.45, 7) is 4.17. The minimum Gasteiger partial charge on any atom is -0.383 e. The molecule has 4 aromatic rings. The molecule has 5 heteroatoms. The van der Waals surface area contributed by atoms with Crippen molar-refractivity contribution in [3.8, 4) is 21.7 Å². The van der Waals surface area contributed by atoms with Crippen LogP contribution in [0.25, 0.3) is 32.7 Å². The number of aromatic nitrogens is 3. The third-order valence-corrected chi connectivity index (χ3v) is 5.04. The minimum atomic E-state index is 0.453. The average Bonchev–Trinajstić information content (AvgIpc) is 3.01. The minimum absolute atomic E-state index is 0.453. The summed E-state index contributed by atoms with van der Waals surface area (Å²) >= 11 is 1.69. The Kier molecular flexibility index (Phi) is 3.50. The van der Waals surface area contributed by atoms with Gasteiger partial charge in [0.05, 0.1) is 16.0 Å². The van der Waals surface area contributed by atoms with E-state index >= 15 is 0 Å². The van der Waals surface area contributed by atoms with E-state index < -0.39 is 0 Å². The predicted molar refractivity (Wildman–Crippen MR) is 100.0 cm³/mol. The molecule has 0 amide bonds. The molecular weight excluding hydrogens is 316 g/mol. The van der Waals surface area contributed by atoms with Crippen molar-refractivity contribution in [3.63, 3.8) is 0 Å². The largest absolute Gasteiger partial charge is 0.383 e. The van der Waals surface area contributed by atoms with Crippen LogP contribution in [0.15, 0.2) is 48.1 Å². The fraction of sp³-hybridized carbons (Fsp3) is 0.105. The molecule has 0 atom stereocenters. The third-order valence-electron chi connectivity index (χ3n) is 3.98. The van der Waals surface area contributed by atoms with Crippen LogP contribution in [-0.2, 0) is 0 Å². The molecule has 1 aromatic carbocycles. The number of nitrogen functional groups attached to an aromatic ring is 1. The van der Waals surface area contributed by atoms with Crippen molar-refractivity contribution in [2.45, 2.75) is 13.8 Å². The molecule has 0 bridgehead atoms. The number of pyridine rings is 1. The Balaban J connectivity index is 2.04. The molecule has 0 unspecified atom stereocenters. The predicted octanol–water partition coefficient (Wildman–Crippen LogP) is 4.62. The van der Waals surface area contributed by atoms with E-state index in [2.05, 4.69) is 59.5 Å². The smallest absolute Gasteiger partial charge is 0.165 e. The van der Waals surface area contributed by atoms with Crippen molar-refractivity contribution in [1.29, 1.82) is 0 Å². The first-order chi connectivity index (χ1) is 11.6. The summed E-state index contributed by atoms with van der Waals surface area (Å²) in [5, 5.41) is 2.92. The second kappa shape index (κ2) is 5.69. The van der Waals surface area contributed by atoms with Crippen molar-refractivity contribution in [1.82, 2.24) is 15.0 Å². The van der Waals surface area contributed by atoms with Gasteiger partial charge >= 0.3 is 0 Å². The zero-order valence-corrected chi connectivity index (χ0v) is 14.3. The highest BCUT2D eigenvalue weighted by atomic mass is 32.1. The first-order valence-electron chi connectivity index (χ1n) is 7.65. The fourth-order valence-corrected chi connectivity index (χ4v) is 3.60. The molecule has 118 valence electrons. The highest BCUT2D eigenvalue weighted by Crippen LogP contribution is 2.36. The molecule has 2 N–H and O–H groups in total. The molecule has 0 aliphatic carbocycles. The van der Waals surface area contributed by atoms with Crippen LogP contribution in [0.3, 0.4) is 0 Å². The third kappa shape index (κ3) is 2.53. The van der Waals surface area contributed by atoms with Crippen LogP contribution in [0.2, 0.25) is 0 Å². The Hall–Kier alpha value is -2.79. The number of nitrogens with two attached hydrogens (primary N) is 1. The lowest BCUT2D eigenvalue weighted by molar-refractivity contribution is 1.19. The molecule has 4 nitrogen and oxygen atoms in total.